The number of nitrogens with zero attached hydrogens (tertiary/aromatic N) is 1. The lowest BCUT2D eigenvalue weighted by Crippen LogP contribution is -2.19. The Hall–Kier alpha value is -1.96. The summed E-state index contributed by atoms with van der Waals surface area (Å²) in [5, 5.41) is 13.8. The first kappa shape index (κ1) is 18.8. The van der Waals surface area contributed by atoms with Gasteiger partial charge in [0.25, 0.3) is 5.91 Å². The Morgan fingerprint density at radius 1 is 1.35 bits per heavy atom. The van der Waals surface area contributed by atoms with Crippen molar-refractivity contribution in [3.05, 3.63) is 56.4 Å². The molecule has 3 rings (SSSR count). The van der Waals surface area contributed by atoms with Gasteiger partial charge in [0.1, 0.15) is 0 Å². The van der Waals surface area contributed by atoms with E-state index in [0.29, 0.717) is 37.6 Å². The number of carbonyl (C=O) groups excluding carboxylic acids is 1. The van der Waals surface area contributed by atoms with Gasteiger partial charge in [-0.1, -0.05) is 11.6 Å². The molecule has 26 heavy (non-hydrogen) atoms. The van der Waals surface area contributed by atoms with Crippen LogP contribution in [0, 0.1) is 0 Å². The van der Waals surface area contributed by atoms with Crippen molar-refractivity contribution >= 4 is 62.1 Å². The van der Waals surface area contributed by atoms with Gasteiger partial charge >= 0.3 is 0 Å². The molecule has 0 aromatic heterocycles. The molecular formula is C18H14BrClN2O3S. The van der Waals surface area contributed by atoms with Crippen molar-refractivity contribution in [1.29, 1.82) is 0 Å². The number of rotatable bonds is 4. The first-order chi connectivity index (χ1) is 12.5. The fraction of sp³-hybridized carbons (Fsp3) is 0.111. The molecule has 2 aromatic carbocycles. The monoisotopic (exact) mass is 452 g/mol. The number of halogens is 2. The Kier molecular flexibility index (Phi) is 5.90. The number of amides is 1. The molecule has 1 saturated heterocycles. The van der Waals surface area contributed by atoms with Crippen molar-refractivity contribution in [1.82, 2.24) is 5.32 Å². The number of nitrogens with one attached hydrogen (secondary N) is 1. The summed E-state index contributed by atoms with van der Waals surface area (Å²) in [6.07, 6.45) is 1.72. The molecule has 0 radical (unpaired) electrons. The van der Waals surface area contributed by atoms with Crippen LogP contribution in [0.25, 0.3) is 6.08 Å². The molecule has 1 aliphatic heterocycles. The lowest BCUT2D eigenvalue weighted by molar-refractivity contribution is -0.115. The van der Waals surface area contributed by atoms with E-state index in [2.05, 4.69) is 26.2 Å². The molecule has 0 atom stereocenters. The molecule has 5 nitrogen and oxygen atoms in total. The van der Waals surface area contributed by atoms with E-state index in [4.69, 9.17) is 16.3 Å². The second kappa shape index (κ2) is 8.16. The smallest absolute Gasteiger partial charge is 0.264 e. The fourth-order valence-corrected chi connectivity index (χ4v) is 3.63. The van der Waals surface area contributed by atoms with Crippen LogP contribution in [0.1, 0.15) is 12.5 Å². The molecule has 0 bridgehead atoms. The van der Waals surface area contributed by atoms with E-state index >= 15 is 0 Å². The first-order valence-corrected chi connectivity index (χ1v) is 9.65. The average Bonchev–Trinajstić information content (AvgIpc) is 2.94. The van der Waals surface area contributed by atoms with Gasteiger partial charge in [-0.2, -0.15) is 0 Å². The molecule has 1 fully saturated rings. The zero-order chi connectivity index (χ0) is 18.7. The van der Waals surface area contributed by atoms with Gasteiger partial charge in [0, 0.05) is 5.02 Å². The molecule has 1 heterocycles. The molecule has 0 unspecified atom stereocenters. The Labute approximate surface area is 168 Å². The number of ether oxygens (including phenoxy) is 1. The molecule has 1 aliphatic rings. The van der Waals surface area contributed by atoms with Crippen LogP contribution in [-0.4, -0.2) is 22.8 Å². The van der Waals surface area contributed by atoms with E-state index < -0.39 is 0 Å². The summed E-state index contributed by atoms with van der Waals surface area (Å²) in [4.78, 5) is 17.1. The SMILES string of the molecule is CCOc1cc(/C=C2/SC(=Nc3ccc(Cl)cc3)NC2=O)cc(Br)c1O. The maximum Gasteiger partial charge on any atom is 0.264 e. The summed E-state index contributed by atoms with van der Waals surface area (Å²) in [5.41, 5.74) is 1.42. The third kappa shape index (κ3) is 4.41. The van der Waals surface area contributed by atoms with Crippen LogP contribution in [0.5, 0.6) is 11.5 Å². The molecular weight excluding hydrogens is 440 g/mol. The zero-order valence-corrected chi connectivity index (χ0v) is 16.8. The van der Waals surface area contributed by atoms with Crippen molar-refractivity contribution in [2.24, 2.45) is 4.99 Å². The quantitative estimate of drug-likeness (QED) is 0.632. The topological polar surface area (TPSA) is 70.9 Å². The van der Waals surface area contributed by atoms with Crippen molar-refractivity contribution in [3.63, 3.8) is 0 Å². The number of aromatic hydroxyl groups is 1. The summed E-state index contributed by atoms with van der Waals surface area (Å²) < 4.78 is 5.90. The van der Waals surface area contributed by atoms with E-state index in [1.807, 2.05) is 6.92 Å². The summed E-state index contributed by atoms with van der Waals surface area (Å²) in [7, 11) is 0. The van der Waals surface area contributed by atoms with Crippen molar-refractivity contribution in [3.8, 4) is 11.5 Å². The summed E-state index contributed by atoms with van der Waals surface area (Å²) in [6.45, 7) is 2.26. The van der Waals surface area contributed by atoms with Crippen molar-refractivity contribution in [2.45, 2.75) is 6.92 Å². The third-order valence-corrected chi connectivity index (χ3v) is 5.12. The van der Waals surface area contributed by atoms with Crippen LogP contribution in [0.2, 0.25) is 5.02 Å². The van der Waals surface area contributed by atoms with Crippen LogP contribution in [0.3, 0.4) is 0 Å². The second-order valence-electron chi connectivity index (χ2n) is 5.24. The highest BCUT2D eigenvalue weighted by atomic mass is 79.9. The van der Waals surface area contributed by atoms with Crippen molar-refractivity contribution < 1.29 is 14.6 Å². The molecule has 0 saturated carbocycles. The molecule has 8 heteroatoms. The predicted octanol–water partition coefficient (Wildman–Crippen LogP) is 5.10. The highest BCUT2D eigenvalue weighted by molar-refractivity contribution is 9.10. The van der Waals surface area contributed by atoms with Crippen LogP contribution in [0.15, 0.2) is 50.8 Å². The van der Waals surface area contributed by atoms with E-state index in [-0.39, 0.29) is 11.7 Å². The zero-order valence-electron chi connectivity index (χ0n) is 13.6. The highest BCUT2D eigenvalue weighted by Gasteiger charge is 2.24. The summed E-state index contributed by atoms with van der Waals surface area (Å²) in [5.74, 6) is 0.152. The Bertz CT molecular complexity index is 913. The van der Waals surface area contributed by atoms with E-state index in [0.717, 1.165) is 5.56 Å². The highest BCUT2D eigenvalue weighted by Crippen LogP contribution is 2.37. The molecule has 2 aromatic rings. The largest absolute Gasteiger partial charge is 0.503 e. The van der Waals surface area contributed by atoms with Gasteiger partial charge < -0.3 is 15.2 Å². The molecule has 2 N–H and O–H groups in total. The van der Waals surface area contributed by atoms with Gasteiger partial charge in [0.2, 0.25) is 0 Å². The lowest BCUT2D eigenvalue weighted by atomic mass is 10.2. The standard InChI is InChI=1S/C18H14BrClN2O3S/c1-2-25-14-8-10(7-13(19)16(14)23)9-15-17(24)22-18(26-15)21-12-5-3-11(20)4-6-12/h3-9,23H,2H2,1H3,(H,21,22,24)/b15-9+. The van der Waals surface area contributed by atoms with Crippen LogP contribution >= 0.6 is 39.3 Å². The van der Waals surface area contributed by atoms with Crippen LogP contribution in [-0.2, 0) is 4.79 Å². The Morgan fingerprint density at radius 2 is 2.08 bits per heavy atom. The number of thioether (sulfide) groups is 1. The molecule has 134 valence electrons. The maximum absolute atomic E-state index is 12.2. The van der Waals surface area contributed by atoms with Gasteiger partial charge in [-0.3, -0.25) is 4.79 Å². The van der Waals surface area contributed by atoms with Crippen LogP contribution in [0.4, 0.5) is 5.69 Å². The van der Waals surface area contributed by atoms with Gasteiger partial charge in [-0.25, -0.2) is 4.99 Å². The first-order valence-electron chi connectivity index (χ1n) is 7.66. The minimum Gasteiger partial charge on any atom is -0.503 e. The average molecular weight is 454 g/mol. The van der Waals surface area contributed by atoms with Crippen molar-refractivity contribution in [2.75, 3.05) is 6.61 Å². The van der Waals surface area contributed by atoms with E-state index in [9.17, 15) is 9.90 Å². The number of benzene rings is 2. The van der Waals surface area contributed by atoms with E-state index in [1.165, 1.54) is 11.8 Å². The molecule has 0 spiro atoms. The van der Waals surface area contributed by atoms with Gasteiger partial charge in [-0.05, 0) is 82.7 Å². The molecule has 0 aliphatic carbocycles. The number of aliphatic imine (C=N–C) groups is 1. The predicted molar refractivity (Wildman–Crippen MR) is 109 cm³/mol. The number of phenolic OH excluding ortho intramolecular Hbond substituents is 1. The number of hydrogen-bond acceptors (Lipinski definition) is 5. The fourth-order valence-electron chi connectivity index (χ4n) is 2.21. The number of amidine groups is 1. The summed E-state index contributed by atoms with van der Waals surface area (Å²) >= 11 is 10.4. The Morgan fingerprint density at radius 3 is 2.77 bits per heavy atom. The third-order valence-electron chi connectivity index (χ3n) is 3.36. The van der Waals surface area contributed by atoms with Crippen LogP contribution < -0.4 is 10.1 Å². The molecule has 1 amide bonds. The lowest BCUT2D eigenvalue weighted by Gasteiger charge is -2.08. The maximum atomic E-state index is 12.2. The minimum atomic E-state index is -0.232. The minimum absolute atomic E-state index is 0.0301. The Balaban J connectivity index is 1.86. The van der Waals surface area contributed by atoms with Gasteiger partial charge in [0.05, 0.1) is 21.7 Å². The number of hydrogen-bond donors (Lipinski definition) is 2. The van der Waals surface area contributed by atoms with E-state index in [1.54, 1.807) is 42.5 Å². The summed E-state index contributed by atoms with van der Waals surface area (Å²) in [6, 6.07) is 10.4. The van der Waals surface area contributed by atoms with Gasteiger partial charge in [-0.15, -0.1) is 0 Å². The second-order valence-corrected chi connectivity index (χ2v) is 7.56. The van der Waals surface area contributed by atoms with Gasteiger partial charge in [0.15, 0.2) is 16.7 Å². The number of carbonyl (C=O) groups is 1. The normalized spacial score (nSPS) is 17.0. The number of phenols is 1.